The monoisotopic (exact) mass is 462 g/mol. The first-order valence-corrected chi connectivity index (χ1v) is 12.2. The molecule has 0 bridgehead atoms. The van der Waals surface area contributed by atoms with Gasteiger partial charge in [0.15, 0.2) is 0 Å². The summed E-state index contributed by atoms with van der Waals surface area (Å²) in [5, 5.41) is 0. The van der Waals surface area contributed by atoms with Crippen LogP contribution in [0.3, 0.4) is 0 Å². The molecule has 0 heterocycles. The molecule has 4 aromatic rings. The number of hydrogen-bond acceptors (Lipinski definition) is 0. The topological polar surface area (TPSA) is 0 Å². The van der Waals surface area contributed by atoms with Gasteiger partial charge < -0.3 is 0 Å². The van der Waals surface area contributed by atoms with Crippen LogP contribution >= 0.6 is 0 Å². The van der Waals surface area contributed by atoms with Gasteiger partial charge in [-0.3, -0.25) is 0 Å². The zero-order chi connectivity index (χ0) is 24.7. The second-order valence-corrected chi connectivity index (χ2v) is 8.32. The van der Waals surface area contributed by atoms with Crippen molar-refractivity contribution in [3.8, 4) is 0 Å². The lowest BCUT2D eigenvalue weighted by Gasteiger charge is -2.02. The number of rotatable bonds is 9. The van der Waals surface area contributed by atoms with Crippen LogP contribution in [-0.2, 0) is 0 Å². The molecule has 4 aromatic carbocycles. The van der Waals surface area contributed by atoms with Gasteiger partial charge in [0.2, 0.25) is 0 Å². The highest BCUT2D eigenvalue weighted by Gasteiger charge is 1.95. The van der Waals surface area contributed by atoms with Crippen LogP contribution < -0.4 is 0 Å². The summed E-state index contributed by atoms with van der Waals surface area (Å²) >= 11 is 0. The first kappa shape index (κ1) is 24.4. The molecule has 4 rings (SSSR count). The Hall–Kier alpha value is -4.68. The van der Waals surface area contributed by atoms with E-state index in [2.05, 4.69) is 164 Å². The molecule has 0 aliphatic rings. The van der Waals surface area contributed by atoms with Crippen molar-refractivity contribution in [2.45, 2.75) is 0 Å². The fraction of sp³-hybridized carbons (Fsp3) is 0. The van der Waals surface area contributed by atoms with Gasteiger partial charge in [0.05, 0.1) is 0 Å². The second-order valence-electron chi connectivity index (χ2n) is 8.32. The highest BCUT2D eigenvalue weighted by molar-refractivity contribution is 5.68. The van der Waals surface area contributed by atoms with E-state index >= 15 is 0 Å². The molecule has 36 heavy (non-hydrogen) atoms. The van der Waals surface area contributed by atoms with Crippen LogP contribution in [0.15, 0.2) is 146 Å². The van der Waals surface area contributed by atoms with E-state index in [1.54, 1.807) is 0 Å². The van der Waals surface area contributed by atoms with Gasteiger partial charge >= 0.3 is 0 Å². The summed E-state index contributed by atoms with van der Waals surface area (Å²) < 4.78 is 0. The molecule has 0 radical (unpaired) electrons. The Morgan fingerprint density at radius 1 is 0.250 bits per heavy atom. The Bertz CT molecular complexity index is 1190. The van der Waals surface area contributed by atoms with Gasteiger partial charge in [0, 0.05) is 0 Å². The minimum Gasteiger partial charge on any atom is -0.0622 e. The molecule has 0 aromatic heterocycles. The molecule has 0 aliphatic heterocycles. The van der Waals surface area contributed by atoms with Gasteiger partial charge in [0.1, 0.15) is 0 Å². The van der Waals surface area contributed by atoms with Crippen LogP contribution in [0.25, 0.3) is 36.5 Å². The highest BCUT2D eigenvalue weighted by Crippen LogP contribution is 2.16. The highest BCUT2D eigenvalue weighted by atomic mass is 14.0. The van der Waals surface area contributed by atoms with Crippen LogP contribution in [0, 0.1) is 0 Å². The minimum absolute atomic E-state index is 1.16. The van der Waals surface area contributed by atoms with Crippen molar-refractivity contribution in [2.75, 3.05) is 0 Å². The molecule has 0 saturated carbocycles. The molecule has 0 saturated heterocycles. The lowest BCUT2D eigenvalue weighted by molar-refractivity contribution is 1.58. The minimum atomic E-state index is 1.16. The average Bonchev–Trinajstić information content (AvgIpc) is 2.93. The van der Waals surface area contributed by atoms with Gasteiger partial charge in [-0.2, -0.15) is 0 Å². The Labute approximate surface area is 215 Å². The Balaban J connectivity index is 1.51. The molecular formula is C36H30. The molecule has 0 spiro atoms. The van der Waals surface area contributed by atoms with E-state index in [-0.39, 0.29) is 0 Å². The van der Waals surface area contributed by atoms with E-state index < -0.39 is 0 Å². The summed E-state index contributed by atoms with van der Waals surface area (Å²) in [5.74, 6) is 0. The quantitative estimate of drug-likeness (QED) is 0.217. The van der Waals surface area contributed by atoms with Gasteiger partial charge in [-0.25, -0.2) is 0 Å². The maximum atomic E-state index is 2.21. The number of benzene rings is 4. The molecule has 0 N–H and O–H groups in total. The fourth-order valence-electron chi connectivity index (χ4n) is 3.68. The van der Waals surface area contributed by atoms with Crippen molar-refractivity contribution >= 4 is 36.5 Å². The van der Waals surface area contributed by atoms with Crippen molar-refractivity contribution in [1.29, 1.82) is 0 Å². The van der Waals surface area contributed by atoms with Gasteiger partial charge in [-0.05, 0) is 51.6 Å². The molecular weight excluding hydrogens is 432 g/mol. The molecule has 0 heteroatoms. The summed E-state index contributed by atoms with van der Waals surface area (Å²) in [7, 11) is 0. The first-order chi connectivity index (χ1) is 17.8. The number of hydrogen-bond donors (Lipinski definition) is 0. The van der Waals surface area contributed by atoms with Crippen LogP contribution in [0.5, 0.6) is 0 Å². The van der Waals surface area contributed by atoms with Crippen LogP contribution in [0.4, 0.5) is 0 Å². The van der Waals surface area contributed by atoms with Crippen LogP contribution in [-0.4, -0.2) is 0 Å². The Morgan fingerprint density at radius 3 is 0.722 bits per heavy atom. The SMILES string of the molecule is C(/C=C/c1cc(/C=C/C=C/c2ccccc2)cc(/C=C/C=C/c2ccccc2)c1)=C\c1ccccc1. The van der Waals surface area contributed by atoms with E-state index in [0.29, 0.717) is 0 Å². The normalized spacial score (nSPS) is 12.3. The van der Waals surface area contributed by atoms with Crippen molar-refractivity contribution in [1.82, 2.24) is 0 Å². The largest absolute Gasteiger partial charge is 0.0622 e. The predicted molar refractivity (Wildman–Crippen MR) is 160 cm³/mol. The van der Waals surface area contributed by atoms with Crippen molar-refractivity contribution in [2.24, 2.45) is 0 Å². The second kappa shape index (κ2) is 13.9. The summed E-state index contributed by atoms with van der Waals surface area (Å²) in [6, 6.07) is 37.6. The van der Waals surface area contributed by atoms with E-state index in [0.717, 1.165) is 16.7 Å². The standard InChI is InChI=1S/C36H30/c1-4-16-31(17-5-1)22-10-13-25-34-28-35(26-14-11-23-32-18-6-2-7-19-32)30-36(29-34)27-15-12-24-33-20-8-3-9-21-33/h1-30H/b22-10+,23-11+,24-12+,25-13+,26-14+,27-15+. The molecule has 0 aliphatic carbocycles. The van der Waals surface area contributed by atoms with Crippen LogP contribution in [0.2, 0.25) is 0 Å². The molecule has 0 nitrogen and oxygen atoms in total. The van der Waals surface area contributed by atoms with Gasteiger partial charge in [0.25, 0.3) is 0 Å². The molecule has 0 unspecified atom stereocenters. The van der Waals surface area contributed by atoms with Crippen molar-refractivity contribution < 1.29 is 0 Å². The van der Waals surface area contributed by atoms with Crippen molar-refractivity contribution in [3.05, 3.63) is 179 Å². The Morgan fingerprint density at radius 2 is 0.472 bits per heavy atom. The predicted octanol–water partition coefficient (Wildman–Crippen LogP) is 9.87. The first-order valence-electron chi connectivity index (χ1n) is 12.2. The maximum Gasteiger partial charge on any atom is -0.0245 e. The smallest absolute Gasteiger partial charge is 0.0245 e. The molecule has 0 atom stereocenters. The van der Waals surface area contributed by atoms with E-state index in [1.165, 1.54) is 16.7 Å². The zero-order valence-corrected chi connectivity index (χ0v) is 20.3. The average molecular weight is 463 g/mol. The van der Waals surface area contributed by atoms with E-state index in [9.17, 15) is 0 Å². The lowest BCUT2D eigenvalue weighted by Crippen LogP contribution is -1.81. The fourth-order valence-corrected chi connectivity index (χ4v) is 3.68. The van der Waals surface area contributed by atoms with Crippen molar-refractivity contribution in [3.63, 3.8) is 0 Å². The third-order valence-corrected chi connectivity index (χ3v) is 5.46. The third kappa shape index (κ3) is 8.59. The zero-order valence-electron chi connectivity index (χ0n) is 20.3. The number of allylic oxidation sites excluding steroid dienone is 6. The Kier molecular flexibility index (Phi) is 9.43. The summed E-state index contributed by atoms with van der Waals surface area (Å²) in [5.41, 5.74) is 7.06. The van der Waals surface area contributed by atoms with E-state index in [4.69, 9.17) is 0 Å². The maximum absolute atomic E-state index is 2.21. The third-order valence-electron chi connectivity index (χ3n) is 5.46. The molecule has 0 fully saturated rings. The van der Waals surface area contributed by atoms with Gasteiger partial charge in [-0.1, -0.05) is 164 Å². The molecule has 174 valence electrons. The summed E-state index contributed by atoms with van der Waals surface area (Å²) in [6.07, 6.45) is 25.3. The lowest BCUT2D eigenvalue weighted by atomic mass is 10.0. The molecule has 0 amide bonds. The van der Waals surface area contributed by atoms with Crippen LogP contribution in [0.1, 0.15) is 33.4 Å². The summed E-state index contributed by atoms with van der Waals surface area (Å²) in [6.45, 7) is 0. The summed E-state index contributed by atoms with van der Waals surface area (Å²) in [4.78, 5) is 0. The van der Waals surface area contributed by atoms with E-state index in [1.807, 2.05) is 18.2 Å². The van der Waals surface area contributed by atoms with Gasteiger partial charge in [-0.15, -0.1) is 0 Å².